The SMILES string of the molecule is CCc1ccc(OCC(=O)NNC(=S)NC(=O)COc2ccc(OC)cc2)cc1. The van der Waals surface area contributed by atoms with E-state index in [1.165, 1.54) is 5.56 Å². The molecule has 2 rings (SSSR count). The first-order valence-electron chi connectivity index (χ1n) is 8.87. The molecule has 0 fully saturated rings. The molecular formula is C20H23N3O5S. The number of methoxy groups -OCH3 is 1. The van der Waals surface area contributed by atoms with Crippen LogP contribution in [0.15, 0.2) is 48.5 Å². The summed E-state index contributed by atoms with van der Waals surface area (Å²) in [5.74, 6) is 0.863. The molecule has 0 unspecified atom stereocenters. The second-order valence-electron chi connectivity index (χ2n) is 5.80. The van der Waals surface area contributed by atoms with Crippen molar-refractivity contribution in [2.45, 2.75) is 13.3 Å². The van der Waals surface area contributed by atoms with Gasteiger partial charge in [0.15, 0.2) is 18.3 Å². The molecule has 2 aromatic carbocycles. The molecule has 0 heterocycles. The summed E-state index contributed by atoms with van der Waals surface area (Å²) in [6, 6.07) is 14.3. The predicted molar refractivity (Wildman–Crippen MR) is 112 cm³/mol. The molecule has 0 aliphatic carbocycles. The van der Waals surface area contributed by atoms with Gasteiger partial charge in [0.1, 0.15) is 17.2 Å². The highest BCUT2D eigenvalue weighted by atomic mass is 32.1. The van der Waals surface area contributed by atoms with Gasteiger partial charge in [0, 0.05) is 0 Å². The highest BCUT2D eigenvalue weighted by Crippen LogP contribution is 2.16. The van der Waals surface area contributed by atoms with E-state index in [9.17, 15) is 9.59 Å². The largest absolute Gasteiger partial charge is 0.497 e. The Hall–Kier alpha value is -3.33. The van der Waals surface area contributed by atoms with Crippen molar-refractivity contribution in [3.63, 3.8) is 0 Å². The van der Waals surface area contributed by atoms with Crippen molar-refractivity contribution in [1.82, 2.24) is 16.2 Å². The summed E-state index contributed by atoms with van der Waals surface area (Å²) < 4.78 is 15.8. The Balaban J connectivity index is 1.63. The maximum absolute atomic E-state index is 11.8. The summed E-state index contributed by atoms with van der Waals surface area (Å²) in [5, 5.41) is 2.33. The summed E-state index contributed by atoms with van der Waals surface area (Å²) >= 11 is 4.95. The number of carbonyl (C=O) groups is 2. The molecule has 2 aromatic rings. The van der Waals surface area contributed by atoms with Crippen LogP contribution in [0.1, 0.15) is 12.5 Å². The molecule has 9 heteroatoms. The molecule has 0 bridgehead atoms. The van der Waals surface area contributed by atoms with Crippen molar-refractivity contribution in [3.8, 4) is 17.2 Å². The Morgan fingerprint density at radius 3 is 1.90 bits per heavy atom. The van der Waals surface area contributed by atoms with Crippen molar-refractivity contribution < 1.29 is 23.8 Å². The summed E-state index contributed by atoms with van der Waals surface area (Å²) in [6.07, 6.45) is 0.930. The zero-order chi connectivity index (χ0) is 21.1. The van der Waals surface area contributed by atoms with E-state index in [0.29, 0.717) is 17.2 Å². The third-order valence-corrected chi connectivity index (χ3v) is 3.90. The number of benzene rings is 2. The third-order valence-electron chi connectivity index (χ3n) is 3.70. The number of aryl methyl sites for hydroxylation is 1. The Kier molecular flexibility index (Phi) is 8.71. The lowest BCUT2D eigenvalue weighted by Gasteiger charge is -2.12. The summed E-state index contributed by atoms with van der Waals surface area (Å²) in [7, 11) is 1.56. The molecule has 3 N–H and O–H groups in total. The number of ether oxygens (including phenoxy) is 3. The quantitative estimate of drug-likeness (QED) is 0.445. The van der Waals surface area contributed by atoms with Crippen LogP contribution in [0.3, 0.4) is 0 Å². The summed E-state index contributed by atoms with van der Waals surface area (Å²) in [4.78, 5) is 23.6. The first-order valence-corrected chi connectivity index (χ1v) is 9.28. The molecule has 0 saturated heterocycles. The number of nitrogens with one attached hydrogen (secondary N) is 3. The summed E-state index contributed by atoms with van der Waals surface area (Å²) in [5.41, 5.74) is 5.95. The van der Waals surface area contributed by atoms with E-state index in [0.717, 1.165) is 6.42 Å². The first-order chi connectivity index (χ1) is 14.0. The second kappa shape index (κ2) is 11.5. The second-order valence-corrected chi connectivity index (χ2v) is 6.21. The first kappa shape index (κ1) is 22.0. The monoisotopic (exact) mass is 417 g/mol. The lowest BCUT2D eigenvalue weighted by Crippen LogP contribution is -2.50. The minimum absolute atomic E-state index is 0.0611. The Morgan fingerprint density at radius 1 is 0.828 bits per heavy atom. The van der Waals surface area contributed by atoms with Crippen molar-refractivity contribution >= 4 is 29.1 Å². The maximum Gasteiger partial charge on any atom is 0.276 e. The lowest BCUT2D eigenvalue weighted by atomic mass is 10.2. The maximum atomic E-state index is 11.8. The number of amides is 2. The van der Waals surface area contributed by atoms with Crippen LogP contribution in [0, 0.1) is 0 Å². The molecule has 2 amide bonds. The number of hydrogen-bond acceptors (Lipinski definition) is 6. The zero-order valence-electron chi connectivity index (χ0n) is 16.2. The van der Waals surface area contributed by atoms with Crippen LogP contribution in [0.4, 0.5) is 0 Å². The van der Waals surface area contributed by atoms with Crippen LogP contribution < -0.4 is 30.4 Å². The molecule has 0 aliphatic rings. The van der Waals surface area contributed by atoms with Crippen molar-refractivity contribution in [1.29, 1.82) is 0 Å². The molecule has 0 spiro atoms. The highest BCUT2D eigenvalue weighted by Gasteiger charge is 2.08. The van der Waals surface area contributed by atoms with Gasteiger partial charge in [-0.15, -0.1) is 0 Å². The molecule has 0 aromatic heterocycles. The lowest BCUT2D eigenvalue weighted by molar-refractivity contribution is -0.124. The van der Waals surface area contributed by atoms with Gasteiger partial charge in [-0.05, 0) is 60.6 Å². The minimum Gasteiger partial charge on any atom is -0.497 e. The number of thiocarbonyl (C=S) groups is 1. The smallest absolute Gasteiger partial charge is 0.276 e. The fourth-order valence-electron chi connectivity index (χ4n) is 2.15. The van der Waals surface area contributed by atoms with Gasteiger partial charge in [-0.1, -0.05) is 19.1 Å². The fourth-order valence-corrected chi connectivity index (χ4v) is 2.31. The average molecular weight is 417 g/mol. The normalized spacial score (nSPS) is 9.86. The average Bonchev–Trinajstić information content (AvgIpc) is 2.75. The zero-order valence-corrected chi connectivity index (χ0v) is 17.0. The fraction of sp³-hybridized carbons (Fsp3) is 0.250. The third kappa shape index (κ3) is 8.06. The molecule has 0 aliphatic heterocycles. The molecule has 0 radical (unpaired) electrons. The molecule has 0 saturated carbocycles. The van der Waals surface area contributed by atoms with Crippen LogP contribution in [0.2, 0.25) is 0 Å². The van der Waals surface area contributed by atoms with E-state index in [-0.39, 0.29) is 18.3 Å². The number of hydrogen-bond donors (Lipinski definition) is 3. The van der Waals surface area contributed by atoms with Crippen LogP contribution in [-0.2, 0) is 16.0 Å². The van der Waals surface area contributed by atoms with E-state index < -0.39 is 11.8 Å². The van der Waals surface area contributed by atoms with Gasteiger partial charge in [-0.25, -0.2) is 0 Å². The van der Waals surface area contributed by atoms with Crippen molar-refractivity contribution in [3.05, 3.63) is 54.1 Å². The standard InChI is InChI=1S/C20H23N3O5S/c1-3-14-4-6-16(7-5-14)28-13-19(25)22-23-20(29)21-18(24)12-27-17-10-8-15(26-2)9-11-17/h4-11H,3,12-13H2,1-2H3,(H,22,25)(H2,21,23,24,29). The van der Waals surface area contributed by atoms with E-state index in [1.807, 2.05) is 12.1 Å². The highest BCUT2D eigenvalue weighted by molar-refractivity contribution is 7.80. The van der Waals surface area contributed by atoms with E-state index in [2.05, 4.69) is 23.1 Å². The van der Waals surface area contributed by atoms with Crippen LogP contribution in [-0.4, -0.2) is 37.3 Å². The van der Waals surface area contributed by atoms with E-state index in [4.69, 9.17) is 26.4 Å². The molecule has 8 nitrogen and oxygen atoms in total. The molecule has 29 heavy (non-hydrogen) atoms. The van der Waals surface area contributed by atoms with Gasteiger partial charge in [0.05, 0.1) is 7.11 Å². The van der Waals surface area contributed by atoms with Gasteiger partial charge < -0.3 is 14.2 Å². The number of hydrazine groups is 1. The van der Waals surface area contributed by atoms with Gasteiger partial charge >= 0.3 is 0 Å². The predicted octanol–water partition coefficient (Wildman–Crippen LogP) is 1.74. The molecule has 154 valence electrons. The molecule has 0 atom stereocenters. The van der Waals surface area contributed by atoms with E-state index >= 15 is 0 Å². The minimum atomic E-state index is -0.472. The van der Waals surface area contributed by atoms with Crippen molar-refractivity contribution in [2.75, 3.05) is 20.3 Å². The van der Waals surface area contributed by atoms with Gasteiger partial charge in [0.25, 0.3) is 11.8 Å². The van der Waals surface area contributed by atoms with E-state index in [1.54, 1.807) is 43.5 Å². The van der Waals surface area contributed by atoms with Crippen LogP contribution >= 0.6 is 12.2 Å². The number of rotatable bonds is 8. The van der Waals surface area contributed by atoms with Crippen LogP contribution in [0.25, 0.3) is 0 Å². The van der Waals surface area contributed by atoms with Crippen molar-refractivity contribution in [2.24, 2.45) is 0 Å². The topological polar surface area (TPSA) is 97.9 Å². The van der Waals surface area contributed by atoms with Gasteiger partial charge in [0.2, 0.25) is 0 Å². The van der Waals surface area contributed by atoms with Gasteiger partial charge in [-0.2, -0.15) is 0 Å². The Bertz CT molecular complexity index is 825. The Morgan fingerprint density at radius 2 is 1.34 bits per heavy atom. The molecular weight excluding hydrogens is 394 g/mol. The van der Waals surface area contributed by atoms with Crippen LogP contribution in [0.5, 0.6) is 17.2 Å². The number of carbonyl (C=O) groups excluding carboxylic acids is 2. The van der Waals surface area contributed by atoms with Gasteiger partial charge in [-0.3, -0.25) is 25.8 Å². The Labute approximate surface area is 174 Å². The summed E-state index contributed by atoms with van der Waals surface area (Å²) in [6.45, 7) is 1.62.